The molecule has 0 N–H and O–H groups in total. The summed E-state index contributed by atoms with van der Waals surface area (Å²) in [4.78, 5) is 5.25. The molecule has 0 radical (unpaired) electrons. The maximum atomic E-state index is 5.25. The van der Waals surface area contributed by atoms with Gasteiger partial charge in [0.15, 0.2) is 0 Å². The number of fused-ring (bicyclic) bond motifs is 1. The molecule has 0 aromatic carbocycles. The van der Waals surface area contributed by atoms with E-state index in [-0.39, 0.29) is 49.5 Å². The monoisotopic (exact) mass is 345 g/mol. The fraction of sp³-hybridized carbons (Fsp3) is 0.833. The Labute approximate surface area is 152 Å². The van der Waals surface area contributed by atoms with Crippen molar-refractivity contribution in [3.63, 3.8) is 0 Å². The van der Waals surface area contributed by atoms with Crippen LogP contribution in [0.15, 0.2) is 0 Å². The Kier molecular flexibility index (Phi) is 12.6. The van der Waals surface area contributed by atoms with Crippen molar-refractivity contribution in [1.29, 1.82) is 0 Å². The van der Waals surface area contributed by atoms with Crippen LogP contribution in [0.1, 0.15) is 59.3 Å². The van der Waals surface area contributed by atoms with Crippen LogP contribution in [0.3, 0.4) is 0 Å². The summed E-state index contributed by atoms with van der Waals surface area (Å²) in [6.07, 6.45) is 8.98. The molecule has 2 aliphatic carbocycles. The molecule has 0 spiro atoms. The van der Waals surface area contributed by atoms with Crippen molar-refractivity contribution in [3.05, 3.63) is 27.3 Å². The van der Waals surface area contributed by atoms with E-state index in [4.69, 9.17) is 4.98 Å². The van der Waals surface area contributed by atoms with Gasteiger partial charge in [-0.25, -0.2) is 0 Å². The summed E-state index contributed by atoms with van der Waals surface area (Å²) in [5.41, 5.74) is 1.15. The minimum absolute atomic E-state index is 0. The molecule has 2 saturated carbocycles. The Balaban J connectivity index is -0.000000810. The zero-order valence-corrected chi connectivity index (χ0v) is 18.5. The van der Waals surface area contributed by atoms with Gasteiger partial charge in [0, 0.05) is 0 Å². The van der Waals surface area contributed by atoms with Gasteiger partial charge in [-0.15, -0.1) is 5.54 Å². The van der Waals surface area contributed by atoms with Crippen molar-refractivity contribution in [2.75, 3.05) is 0 Å². The SMILES string of the molecule is CC(C)(C)[N-][Si](C)(C)C1CCC2CCCCC21.[CH3-].[CH3-].[CH3-].[Ti+4]. The van der Waals surface area contributed by atoms with Gasteiger partial charge in [-0.3, -0.25) is 0 Å². The summed E-state index contributed by atoms with van der Waals surface area (Å²) in [7, 11) is -1.39. The topological polar surface area (TPSA) is 14.1 Å². The number of hydrogen-bond donors (Lipinski definition) is 0. The van der Waals surface area contributed by atoms with Crippen LogP contribution in [0, 0.1) is 34.1 Å². The van der Waals surface area contributed by atoms with E-state index in [0.29, 0.717) is 0 Å². The number of nitrogens with zero attached hydrogens (tertiary/aromatic N) is 1. The molecule has 0 saturated heterocycles. The van der Waals surface area contributed by atoms with Crippen LogP contribution in [-0.4, -0.2) is 13.8 Å². The molecule has 0 aliphatic heterocycles. The van der Waals surface area contributed by atoms with E-state index in [2.05, 4.69) is 33.9 Å². The minimum atomic E-state index is -1.39. The van der Waals surface area contributed by atoms with Crippen LogP contribution in [0.2, 0.25) is 18.6 Å². The second kappa shape index (κ2) is 9.90. The summed E-state index contributed by atoms with van der Waals surface area (Å²) in [5.74, 6) is 2.10. The largest absolute Gasteiger partial charge is 4.00 e. The molecule has 2 aliphatic rings. The maximum Gasteiger partial charge on any atom is 4.00 e. The second-order valence-corrected chi connectivity index (χ2v) is 12.1. The van der Waals surface area contributed by atoms with Crippen LogP contribution in [-0.2, 0) is 21.7 Å². The van der Waals surface area contributed by atoms with E-state index in [0.717, 1.165) is 17.4 Å². The molecule has 124 valence electrons. The van der Waals surface area contributed by atoms with Crippen LogP contribution in [0.5, 0.6) is 0 Å². The van der Waals surface area contributed by atoms with E-state index in [1.165, 1.54) is 38.5 Å². The van der Waals surface area contributed by atoms with Crippen molar-refractivity contribution in [3.8, 4) is 0 Å². The molecule has 3 heteroatoms. The third-order valence-electron chi connectivity index (χ3n) is 4.86. The molecule has 2 rings (SSSR count). The van der Waals surface area contributed by atoms with Gasteiger partial charge in [-0.2, -0.15) is 0 Å². The van der Waals surface area contributed by atoms with Crippen molar-refractivity contribution in [2.45, 2.75) is 83.5 Å². The van der Waals surface area contributed by atoms with Gasteiger partial charge in [0.25, 0.3) is 0 Å². The van der Waals surface area contributed by atoms with Gasteiger partial charge in [0.2, 0.25) is 0 Å². The molecule has 0 aromatic rings. The molecule has 3 atom stereocenters. The van der Waals surface area contributed by atoms with Gasteiger partial charge < -0.3 is 27.3 Å². The second-order valence-electron chi connectivity index (χ2n) is 7.83. The van der Waals surface area contributed by atoms with E-state index >= 15 is 0 Å². The molecular formula is C18H39NSiTi. The molecule has 0 amide bonds. The normalized spacial score (nSPS) is 28.1. The summed E-state index contributed by atoms with van der Waals surface area (Å²) in [6.45, 7) is 11.8. The summed E-state index contributed by atoms with van der Waals surface area (Å²) >= 11 is 0. The van der Waals surface area contributed by atoms with Gasteiger partial charge >= 0.3 is 21.7 Å². The van der Waals surface area contributed by atoms with Gasteiger partial charge in [0.1, 0.15) is 0 Å². The Morgan fingerprint density at radius 2 is 1.38 bits per heavy atom. The van der Waals surface area contributed by atoms with Gasteiger partial charge in [-0.1, -0.05) is 86.2 Å². The van der Waals surface area contributed by atoms with E-state index < -0.39 is 8.24 Å². The molecule has 2 fully saturated rings. The predicted molar refractivity (Wildman–Crippen MR) is 98.3 cm³/mol. The summed E-state index contributed by atoms with van der Waals surface area (Å²) in [5, 5.41) is 0. The van der Waals surface area contributed by atoms with Crippen molar-refractivity contribution in [2.24, 2.45) is 11.8 Å². The Morgan fingerprint density at radius 3 is 1.90 bits per heavy atom. The minimum Gasteiger partial charge on any atom is -0.660 e. The zero-order chi connectivity index (χ0) is 12.7. The zero-order valence-electron chi connectivity index (χ0n) is 15.9. The number of hydrogen-bond acceptors (Lipinski definition) is 0. The third kappa shape index (κ3) is 6.89. The van der Waals surface area contributed by atoms with Gasteiger partial charge in [-0.05, 0) is 11.8 Å². The Bertz CT molecular complexity index is 273. The molecular weight excluding hydrogens is 306 g/mol. The van der Waals surface area contributed by atoms with Crippen LogP contribution < -0.4 is 0 Å². The van der Waals surface area contributed by atoms with Crippen LogP contribution in [0.25, 0.3) is 4.98 Å². The molecule has 3 unspecified atom stereocenters. The smallest absolute Gasteiger partial charge is 0.660 e. The first-order valence-electron chi connectivity index (χ1n) is 7.54. The maximum absolute atomic E-state index is 5.25. The van der Waals surface area contributed by atoms with E-state index in [1.807, 2.05) is 0 Å². The van der Waals surface area contributed by atoms with Crippen molar-refractivity contribution in [1.82, 2.24) is 0 Å². The van der Waals surface area contributed by atoms with Crippen LogP contribution >= 0.6 is 0 Å². The number of rotatable bonds is 2. The molecule has 0 bridgehead atoms. The van der Waals surface area contributed by atoms with Gasteiger partial charge in [0.05, 0.1) is 0 Å². The van der Waals surface area contributed by atoms with E-state index in [1.54, 1.807) is 0 Å². The summed E-state index contributed by atoms with van der Waals surface area (Å²) in [6, 6.07) is 0. The van der Waals surface area contributed by atoms with Crippen molar-refractivity contribution < 1.29 is 21.7 Å². The van der Waals surface area contributed by atoms with E-state index in [9.17, 15) is 0 Å². The molecule has 21 heavy (non-hydrogen) atoms. The fourth-order valence-electron chi connectivity index (χ4n) is 4.56. The standard InChI is InChI=1S/C15H30NSi.3CH3.Ti/c1-15(2,3)16-17(4,5)14-11-10-12-8-6-7-9-13(12)14;;;;/h12-14H,6-11H2,1-5H3;3*1H3;/q4*-1;+4. The molecule has 0 aromatic heterocycles. The van der Waals surface area contributed by atoms with Crippen LogP contribution in [0.4, 0.5) is 0 Å². The van der Waals surface area contributed by atoms with Crippen molar-refractivity contribution >= 4 is 8.24 Å². The summed E-state index contributed by atoms with van der Waals surface area (Å²) < 4.78 is 0. The predicted octanol–water partition coefficient (Wildman–Crippen LogP) is 6.68. The fourth-order valence-corrected chi connectivity index (χ4v) is 8.81. The first-order valence-corrected chi connectivity index (χ1v) is 10.6. The third-order valence-corrected chi connectivity index (χ3v) is 8.64. The average molecular weight is 345 g/mol. The Hall–Kier alpha value is 0.891. The average Bonchev–Trinajstić information content (AvgIpc) is 2.57. The first-order chi connectivity index (χ1) is 7.80. The first kappa shape index (κ1) is 26.8. The molecule has 0 heterocycles. The quantitative estimate of drug-likeness (QED) is 0.391. The molecule has 1 nitrogen and oxygen atoms in total. The Morgan fingerprint density at radius 1 is 0.857 bits per heavy atom.